The molecule has 1 aliphatic rings. The van der Waals surface area contributed by atoms with Crippen LogP contribution in [0, 0.1) is 0 Å². The lowest BCUT2D eigenvalue weighted by atomic mass is 10.1. The van der Waals surface area contributed by atoms with Gasteiger partial charge < -0.3 is 14.5 Å². The Bertz CT molecular complexity index is 424. The monoisotopic (exact) mass is 210 g/mol. The molecule has 0 radical (unpaired) electrons. The minimum absolute atomic E-state index is 0.0711. The maximum Gasteiger partial charge on any atom is 0.358 e. The molecule has 0 saturated heterocycles. The molecule has 2 heterocycles. The second-order valence-corrected chi connectivity index (χ2v) is 3.43. The normalized spacial score (nSPS) is 14.9. The van der Waals surface area contributed by atoms with E-state index < -0.39 is 5.97 Å². The molecule has 0 saturated carbocycles. The quantitative estimate of drug-likeness (QED) is 0.719. The van der Waals surface area contributed by atoms with Gasteiger partial charge in [0.15, 0.2) is 5.69 Å². The van der Waals surface area contributed by atoms with Crippen LogP contribution >= 0.6 is 0 Å². The van der Waals surface area contributed by atoms with Crippen molar-refractivity contribution in [3.8, 4) is 0 Å². The fourth-order valence-corrected chi connectivity index (χ4v) is 1.65. The van der Waals surface area contributed by atoms with Crippen molar-refractivity contribution in [2.45, 2.75) is 19.9 Å². The van der Waals surface area contributed by atoms with Crippen molar-refractivity contribution in [1.82, 2.24) is 10.1 Å². The zero-order valence-electron chi connectivity index (χ0n) is 8.19. The number of nitrogens with zero attached hydrogens (tertiary/aromatic N) is 2. The molecular formula is C9H10N2O4. The van der Waals surface area contributed by atoms with Gasteiger partial charge in [0, 0.05) is 25.5 Å². The third-order valence-corrected chi connectivity index (χ3v) is 2.48. The average Bonchev–Trinajstić information content (AvgIpc) is 2.59. The summed E-state index contributed by atoms with van der Waals surface area (Å²) in [5, 5.41) is 12.3. The largest absolute Gasteiger partial charge is 0.476 e. The van der Waals surface area contributed by atoms with Crippen molar-refractivity contribution < 1.29 is 19.2 Å². The third-order valence-electron chi connectivity index (χ3n) is 2.48. The predicted molar refractivity (Wildman–Crippen MR) is 48.3 cm³/mol. The minimum atomic E-state index is -1.12. The van der Waals surface area contributed by atoms with Crippen LogP contribution in [0.4, 0.5) is 0 Å². The van der Waals surface area contributed by atoms with Crippen LogP contribution in [0.1, 0.15) is 28.7 Å². The van der Waals surface area contributed by atoms with E-state index >= 15 is 0 Å². The molecule has 0 unspecified atom stereocenters. The van der Waals surface area contributed by atoms with E-state index in [1.54, 1.807) is 4.90 Å². The number of fused-ring (bicyclic) bond motifs is 1. The molecule has 1 aliphatic heterocycles. The first-order valence-electron chi connectivity index (χ1n) is 4.56. The maximum atomic E-state index is 11.1. The van der Waals surface area contributed by atoms with Gasteiger partial charge >= 0.3 is 5.97 Å². The highest BCUT2D eigenvalue weighted by atomic mass is 16.5. The molecule has 1 N–H and O–H groups in total. The summed E-state index contributed by atoms with van der Waals surface area (Å²) < 4.78 is 4.91. The van der Waals surface area contributed by atoms with Crippen molar-refractivity contribution in [1.29, 1.82) is 0 Å². The molecule has 15 heavy (non-hydrogen) atoms. The summed E-state index contributed by atoms with van der Waals surface area (Å²) in [6.07, 6.45) is 0.523. The number of hydrogen-bond acceptors (Lipinski definition) is 4. The molecule has 1 aromatic rings. The molecule has 1 amide bonds. The van der Waals surface area contributed by atoms with Crippen molar-refractivity contribution in [3.05, 3.63) is 17.0 Å². The van der Waals surface area contributed by atoms with Crippen LogP contribution in [0.25, 0.3) is 0 Å². The van der Waals surface area contributed by atoms with Gasteiger partial charge in [-0.15, -0.1) is 0 Å². The van der Waals surface area contributed by atoms with Gasteiger partial charge in [-0.1, -0.05) is 5.16 Å². The van der Waals surface area contributed by atoms with Gasteiger partial charge in [-0.25, -0.2) is 4.79 Å². The number of aromatic nitrogens is 1. The molecule has 0 spiro atoms. The SMILES string of the molecule is CC(=O)N1CCc2onc(C(=O)O)c2C1. The van der Waals surface area contributed by atoms with Gasteiger partial charge in [0.2, 0.25) is 5.91 Å². The third kappa shape index (κ3) is 1.58. The summed E-state index contributed by atoms with van der Waals surface area (Å²) in [6, 6.07) is 0. The number of carbonyl (C=O) groups excluding carboxylic acids is 1. The Kier molecular flexibility index (Phi) is 2.18. The zero-order valence-corrected chi connectivity index (χ0v) is 8.19. The molecule has 6 nitrogen and oxygen atoms in total. The summed E-state index contributed by atoms with van der Waals surface area (Å²) in [7, 11) is 0. The van der Waals surface area contributed by atoms with E-state index in [-0.39, 0.29) is 18.1 Å². The van der Waals surface area contributed by atoms with Gasteiger partial charge in [0.25, 0.3) is 0 Å². The second-order valence-electron chi connectivity index (χ2n) is 3.43. The van der Waals surface area contributed by atoms with E-state index in [0.717, 1.165) is 0 Å². The van der Waals surface area contributed by atoms with E-state index in [1.165, 1.54) is 6.92 Å². The van der Waals surface area contributed by atoms with Crippen LogP contribution in [0.5, 0.6) is 0 Å². The molecule has 0 fully saturated rings. The van der Waals surface area contributed by atoms with E-state index in [0.29, 0.717) is 24.3 Å². The second kappa shape index (κ2) is 3.38. The van der Waals surface area contributed by atoms with E-state index in [9.17, 15) is 9.59 Å². The van der Waals surface area contributed by atoms with E-state index in [4.69, 9.17) is 9.63 Å². The van der Waals surface area contributed by atoms with Crippen LogP contribution in [0.15, 0.2) is 4.52 Å². The highest BCUT2D eigenvalue weighted by Crippen LogP contribution is 2.22. The summed E-state index contributed by atoms with van der Waals surface area (Å²) in [5.74, 6) is -0.617. The Morgan fingerprint density at radius 2 is 2.27 bits per heavy atom. The lowest BCUT2D eigenvalue weighted by molar-refractivity contribution is -0.129. The molecule has 0 aliphatic carbocycles. The Morgan fingerprint density at radius 1 is 1.53 bits per heavy atom. The lowest BCUT2D eigenvalue weighted by Crippen LogP contribution is -2.34. The van der Waals surface area contributed by atoms with Gasteiger partial charge in [-0.05, 0) is 0 Å². The van der Waals surface area contributed by atoms with E-state index in [2.05, 4.69) is 5.16 Å². The molecule has 0 atom stereocenters. The van der Waals surface area contributed by atoms with Crippen LogP contribution in [-0.4, -0.2) is 33.6 Å². The summed E-state index contributed by atoms with van der Waals surface area (Å²) in [4.78, 5) is 23.5. The number of carbonyl (C=O) groups is 2. The van der Waals surface area contributed by atoms with Gasteiger partial charge in [0.1, 0.15) is 5.76 Å². The van der Waals surface area contributed by atoms with Gasteiger partial charge in [0.05, 0.1) is 6.54 Å². The first-order valence-corrected chi connectivity index (χ1v) is 4.56. The zero-order chi connectivity index (χ0) is 11.0. The van der Waals surface area contributed by atoms with Crippen molar-refractivity contribution in [2.24, 2.45) is 0 Å². The highest BCUT2D eigenvalue weighted by molar-refractivity contribution is 5.87. The molecule has 6 heteroatoms. The predicted octanol–water partition coefficient (Wildman–Crippen LogP) is 0.277. The number of carboxylic acid groups (broad SMARTS) is 1. The van der Waals surface area contributed by atoms with Gasteiger partial charge in [-0.3, -0.25) is 4.79 Å². The van der Waals surface area contributed by atoms with Crippen LogP contribution in [-0.2, 0) is 17.8 Å². The van der Waals surface area contributed by atoms with Crippen molar-refractivity contribution >= 4 is 11.9 Å². The molecule has 1 aromatic heterocycles. The Morgan fingerprint density at radius 3 is 2.87 bits per heavy atom. The number of hydrogen-bond donors (Lipinski definition) is 1. The summed E-state index contributed by atoms with van der Waals surface area (Å²) in [6.45, 7) is 2.28. The average molecular weight is 210 g/mol. The molecule has 0 aromatic carbocycles. The summed E-state index contributed by atoms with van der Waals surface area (Å²) in [5.41, 5.74) is 0.430. The molecule has 80 valence electrons. The number of amides is 1. The van der Waals surface area contributed by atoms with Crippen molar-refractivity contribution in [3.63, 3.8) is 0 Å². The first-order chi connectivity index (χ1) is 7.09. The number of carboxylic acids is 1. The fraction of sp³-hybridized carbons (Fsp3) is 0.444. The standard InChI is InChI=1S/C9H10N2O4/c1-5(12)11-3-2-7-6(4-11)8(9(13)14)10-15-7/h2-4H2,1H3,(H,13,14). The van der Waals surface area contributed by atoms with Gasteiger partial charge in [-0.2, -0.15) is 0 Å². The topological polar surface area (TPSA) is 83.6 Å². The first kappa shape index (κ1) is 9.70. The maximum absolute atomic E-state index is 11.1. The Hall–Kier alpha value is -1.85. The van der Waals surface area contributed by atoms with E-state index in [1.807, 2.05) is 0 Å². The van der Waals surface area contributed by atoms with Crippen LogP contribution in [0.3, 0.4) is 0 Å². The smallest absolute Gasteiger partial charge is 0.358 e. The number of rotatable bonds is 1. The molecular weight excluding hydrogens is 200 g/mol. The molecule has 0 bridgehead atoms. The minimum Gasteiger partial charge on any atom is -0.476 e. The lowest BCUT2D eigenvalue weighted by Gasteiger charge is -2.24. The molecule has 2 rings (SSSR count). The summed E-state index contributed by atoms with van der Waals surface area (Å²) >= 11 is 0. The fourth-order valence-electron chi connectivity index (χ4n) is 1.65. The highest BCUT2D eigenvalue weighted by Gasteiger charge is 2.28. The van der Waals surface area contributed by atoms with Crippen molar-refractivity contribution in [2.75, 3.05) is 6.54 Å². The van der Waals surface area contributed by atoms with Crippen LogP contribution < -0.4 is 0 Å². The Labute approximate surface area is 85.5 Å². The van der Waals surface area contributed by atoms with Crippen LogP contribution in [0.2, 0.25) is 0 Å². The number of aromatic carboxylic acids is 1. The Balaban J connectivity index is 2.34.